The normalized spacial score (nSPS) is 18.5. The van der Waals surface area contributed by atoms with Gasteiger partial charge in [0.25, 0.3) is 0 Å². The van der Waals surface area contributed by atoms with Crippen molar-refractivity contribution in [2.45, 2.75) is 30.2 Å². The Hall–Kier alpha value is -2.69. The van der Waals surface area contributed by atoms with Gasteiger partial charge in [-0.25, -0.2) is 9.97 Å². The van der Waals surface area contributed by atoms with Crippen molar-refractivity contribution in [3.05, 3.63) is 35.1 Å². The molecule has 2 N–H and O–H groups in total. The van der Waals surface area contributed by atoms with Crippen LogP contribution in [0.2, 0.25) is 0 Å². The van der Waals surface area contributed by atoms with Crippen molar-refractivity contribution in [1.82, 2.24) is 30.0 Å². The van der Waals surface area contributed by atoms with Gasteiger partial charge in [-0.15, -0.1) is 23.1 Å². The van der Waals surface area contributed by atoms with Gasteiger partial charge in [-0.05, 0) is 57.3 Å². The first-order valence-corrected chi connectivity index (χ1v) is 13.5. The van der Waals surface area contributed by atoms with Gasteiger partial charge in [-0.1, -0.05) is 0 Å². The van der Waals surface area contributed by atoms with Gasteiger partial charge in [0.1, 0.15) is 17.0 Å². The molecule has 0 spiro atoms. The van der Waals surface area contributed by atoms with Crippen LogP contribution in [0, 0.1) is 5.92 Å². The minimum absolute atomic E-state index is 0.0691. The number of rotatable bonds is 5. The maximum absolute atomic E-state index is 13.1. The Morgan fingerprint density at radius 2 is 2.15 bits per heavy atom. The van der Waals surface area contributed by atoms with E-state index < -0.39 is 0 Å². The molecule has 0 bridgehead atoms. The fraction of sp³-hybridized carbons (Fsp3) is 0.417. The second kappa shape index (κ2) is 8.51. The summed E-state index contributed by atoms with van der Waals surface area (Å²) in [5.41, 5.74) is 3.33. The number of H-pyrrole nitrogens is 1. The Balaban J connectivity index is 1.28. The van der Waals surface area contributed by atoms with Gasteiger partial charge >= 0.3 is 0 Å². The summed E-state index contributed by atoms with van der Waals surface area (Å²) in [7, 11) is 4.16. The summed E-state index contributed by atoms with van der Waals surface area (Å²) in [6.07, 6.45) is 8.10. The van der Waals surface area contributed by atoms with E-state index in [2.05, 4.69) is 62.9 Å². The second-order valence-corrected chi connectivity index (χ2v) is 11.3. The van der Waals surface area contributed by atoms with Crippen molar-refractivity contribution in [3.8, 4) is 0 Å². The van der Waals surface area contributed by atoms with Gasteiger partial charge in [0.2, 0.25) is 5.91 Å². The maximum atomic E-state index is 13.1. The van der Waals surface area contributed by atoms with Crippen LogP contribution in [-0.4, -0.2) is 75.4 Å². The summed E-state index contributed by atoms with van der Waals surface area (Å²) in [6, 6.07) is 4.72. The monoisotopic (exact) mass is 493 g/mol. The first kappa shape index (κ1) is 21.8. The van der Waals surface area contributed by atoms with Crippen LogP contribution in [0.25, 0.3) is 21.1 Å². The number of likely N-dealkylation sites (tertiary alicyclic amines) is 1. The third-order valence-electron chi connectivity index (χ3n) is 7.11. The fourth-order valence-corrected chi connectivity index (χ4v) is 6.83. The molecule has 1 aliphatic carbocycles. The number of benzene rings is 1. The SMILES string of the molecule is CSc1cc2[nH]ncc2cc1Nc1ncnc2sc3c(c12)CC[C@H](C(=O)N1CC(N(C)C)C1)C3. The molecule has 0 radical (unpaired) electrons. The van der Waals surface area contributed by atoms with E-state index >= 15 is 0 Å². The number of carbonyl (C=O) groups is 1. The molecule has 0 saturated carbocycles. The van der Waals surface area contributed by atoms with Crippen LogP contribution < -0.4 is 5.32 Å². The minimum atomic E-state index is 0.0691. The molecule has 1 aliphatic heterocycles. The number of anilines is 2. The summed E-state index contributed by atoms with van der Waals surface area (Å²) in [6.45, 7) is 1.69. The molecular formula is C24H27N7OS2. The maximum Gasteiger partial charge on any atom is 0.226 e. The molecule has 3 aromatic heterocycles. The summed E-state index contributed by atoms with van der Waals surface area (Å²) in [4.78, 5) is 29.9. The molecule has 1 atom stereocenters. The van der Waals surface area contributed by atoms with Crippen molar-refractivity contribution in [2.75, 3.05) is 38.8 Å². The number of nitrogens with zero attached hydrogens (tertiary/aromatic N) is 5. The molecule has 1 amide bonds. The number of thiophene rings is 1. The van der Waals surface area contributed by atoms with E-state index in [1.54, 1.807) is 29.4 Å². The molecule has 0 unspecified atom stereocenters. The van der Waals surface area contributed by atoms with Crippen LogP contribution in [0.4, 0.5) is 11.5 Å². The molecule has 1 saturated heterocycles. The molecule has 6 rings (SSSR count). The second-order valence-electron chi connectivity index (χ2n) is 9.34. The van der Waals surface area contributed by atoms with Crippen LogP contribution in [0.3, 0.4) is 0 Å². The third kappa shape index (κ3) is 3.64. The number of likely N-dealkylation sites (N-methyl/N-ethyl adjacent to an activating group) is 1. The highest BCUT2D eigenvalue weighted by Crippen LogP contribution is 2.42. The molecule has 4 heterocycles. The topological polar surface area (TPSA) is 90.0 Å². The van der Waals surface area contributed by atoms with Crippen LogP contribution in [-0.2, 0) is 17.6 Å². The number of fused-ring (bicyclic) bond motifs is 4. The van der Waals surface area contributed by atoms with Gasteiger partial charge in [-0.3, -0.25) is 9.89 Å². The third-order valence-corrected chi connectivity index (χ3v) is 9.05. The average Bonchev–Trinajstić information content (AvgIpc) is 3.40. The van der Waals surface area contributed by atoms with Crippen molar-refractivity contribution in [1.29, 1.82) is 0 Å². The van der Waals surface area contributed by atoms with Gasteiger partial charge in [0, 0.05) is 40.2 Å². The Bertz CT molecular complexity index is 1390. The molecule has 8 nitrogen and oxygen atoms in total. The number of aromatic amines is 1. The largest absolute Gasteiger partial charge is 0.339 e. The first-order chi connectivity index (χ1) is 16.5. The number of nitrogens with one attached hydrogen (secondary N) is 2. The lowest BCUT2D eigenvalue weighted by molar-refractivity contribution is -0.142. The summed E-state index contributed by atoms with van der Waals surface area (Å²) in [5, 5.41) is 12.9. The van der Waals surface area contributed by atoms with Crippen LogP contribution in [0.15, 0.2) is 29.6 Å². The summed E-state index contributed by atoms with van der Waals surface area (Å²) < 4.78 is 0. The van der Waals surface area contributed by atoms with E-state index in [1.165, 1.54) is 10.4 Å². The van der Waals surface area contributed by atoms with Crippen LogP contribution in [0.1, 0.15) is 16.9 Å². The van der Waals surface area contributed by atoms with Crippen molar-refractivity contribution < 1.29 is 4.79 Å². The Morgan fingerprint density at radius 1 is 1.29 bits per heavy atom. The number of hydrogen-bond donors (Lipinski definition) is 2. The fourth-order valence-electron chi connectivity index (χ4n) is 5.00. The van der Waals surface area contributed by atoms with E-state index in [0.717, 1.165) is 69.9 Å². The lowest BCUT2D eigenvalue weighted by Gasteiger charge is -2.44. The average molecular weight is 494 g/mol. The highest BCUT2D eigenvalue weighted by Gasteiger charge is 2.37. The Labute approximate surface area is 206 Å². The molecular weight excluding hydrogens is 466 g/mol. The van der Waals surface area contributed by atoms with Crippen LogP contribution in [0.5, 0.6) is 0 Å². The van der Waals surface area contributed by atoms with Crippen molar-refractivity contribution in [2.24, 2.45) is 5.92 Å². The number of hydrogen-bond acceptors (Lipinski definition) is 8. The van der Waals surface area contributed by atoms with Gasteiger partial charge in [-0.2, -0.15) is 5.10 Å². The van der Waals surface area contributed by atoms with E-state index in [-0.39, 0.29) is 5.92 Å². The van der Waals surface area contributed by atoms with E-state index in [0.29, 0.717) is 11.9 Å². The summed E-state index contributed by atoms with van der Waals surface area (Å²) in [5.74, 6) is 1.21. The zero-order chi connectivity index (χ0) is 23.4. The predicted octanol–water partition coefficient (Wildman–Crippen LogP) is 3.91. The quantitative estimate of drug-likeness (QED) is 0.408. The highest BCUT2D eigenvalue weighted by atomic mass is 32.2. The molecule has 176 valence electrons. The van der Waals surface area contributed by atoms with E-state index in [4.69, 9.17) is 0 Å². The van der Waals surface area contributed by atoms with Gasteiger partial charge < -0.3 is 15.1 Å². The highest BCUT2D eigenvalue weighted by molar-refractivity contribution is 7.98. The number of carbonyl (C=O) groups excluding carboxylic acids is 1. The zero-order valence-corrected chi connectivity index (χ0v) is 21.1. The molecule has 1 fully saturated rings. The lowest BCUT2D eigenvalue weighted by atomic mass is 9.86. The first-order valence-electron chi connectivity index (χ1n) is 11.5. The van der Waals surface area contributed by atoms with Gasteiger partial charge in [0.05, 0.1) is 22.8 Å². The number of amides is 1. The van der Waals surface area contributed by atoms with E-state index in [9.17, 15) is 4.79 Å². The molecule has 4 aromatic rings. The Morgan fingerprint density at radius 3 is 2.94 bits per heavy atom. The lowest BCUT2D eigenvalue weighted by Crippen LogP contribution is -2.60. The zero-order valence-electron chi connectivity index (χ0n) is 19.5. The minimum Gasteiger partial charge on any atom is -0.339 e. The molecule has 1 aromatic carbocycles. The predicted molar refractivity (Wildman–Crippen MR) is 138 cm³/mol. The number of aromatic nitrogens is 4. The summed E-state index contributed by atoms with van der Waals surface area (Å²) >= 11 is 3.40. The smallest absolute Gasteiger partial charge is 0.226 e. The Kier molecular flexibility index (Phi) is 5.46. The molecule has 10 heteroatoms. The standard InChI is InChI=1S/C24H27N7OS2/c1-30(2)15-10-31(11-15)24(32)13-4-5-16-19(7-13)34-23-21(16)22(25-12-26-23)28-18-6-14-9-27-29-17(14)8-20(18)33-3/h6,8-9,12-13,15H,4-5,7,10-11H2,1-3H3,(H,27,29)(H,25,26,28)/t13-/m0/s1. The van der Waals surface area contributed by atoms with Crippen molar-refractivity contribution >= 4 is 61.6 Å². The number of aryl methyl sites for hydroxylation is 1. The van der Waals surface area contributed by atoms with Gasteiger partial charge in [0.15, 0.2) is 0 Å². The molecule has 34 heavy (non-hydrogen) atoms. The van der Waals surface area contributed by atoms with E-state index in [1.807, 2.05) is 11.1 Å². The van der Waals surface area contributed by atoms with Crippen molar-refractivity contribution in [3.63, 3.8) is 0 Å². The molecule has 2 aliphatic rings. The van der Waals surface area contributed by atoms with Crippen LogP contribution >= 0.6 is 23.1 Å². The number of thioether (sulfide) groups is 1.